The average molecular weight is 307 g/mol. The van der Waals surface area contributed by atoms with Crippen LogP contribution in [0.2, 0.25) is 0 Å². The highest BCUT2D eigenvalue weighted by Crippen LogP contribution is 2.23. The third-order valence-corrected chi connectivity index (χ3v) is 4.12. The van der Waals surface area contributed by atoms with Crippen molar-refractivity contribution in [2.45, 2.75) is 33.7 Å². The second-order valence-corrected chi connectivity index (χ2v) is 6.30. The molecule has 2 aromatic heterocycles. The fourth-order valence-corrected chi connectivity index (χ4v) is 2.69. The molecule has 0 spiro atoms. The number of furan rings is 1. The number of aromatic nitrogens is 1. The van der Waals surface area contributed by atoms with Crippen molar-refractivity contribution in [2.75, 3.05) is 11.9 Å². The zero-order chi connectivity index (χ0) is 15.2. The summed E-state index contributed by atoms with van der Waals surface area (Å²) in [6.07, 6.45) is 2.62. The summed E-state index contributed by atoms with van der Waals surface area (Å²) < 4.78 is 5.25. The summed E-state index contributed by atoms with van der Waals surface area (Å²) in [5.74, 6) is 1.38. The second-order valence-electron chi connectivity index (χ2n) is 5.30. The maximum atomic E-state index is 12.1. The van der Waals surface area contributed by atoms with Gasteiger partial charge in [-0.25, -0.2) is 4.98 Å². The first-order chi connectivity index (χ1) is 10.1. The molecule has 0 atom stereocenters. The van der Waals surface area contributed by atoms with Crippen molar-refractivity contribution < 1.29 is 9.21 Å². The molecule has 0 saturated heterocycles. The molecule has 21 heavy (non-hydrogen) atoms. The minimum absolute atomic E-state index is 0.0447. The zero-order valence-electron chi connectivity index (χ0n) is 12.6. The van der Waals surface area contributed by atoms with Gasteiger partial charge in [0, 0.05) is 6.54 Å². The Bertz CT molecular complexity index is 576. The number of hydrogen-bond donors (Lipinski definition) is 2. The molecule has 2 rings (SSSR count). The summed E-state index contributed by atoms with van der Waals surface area (Å²) in [5, 5.41) is 6.84. The highest BCUT2D eigenvalue weighted by Gasteiger charge is 2.15. The lowest BCUT2D eigenvalue weighted by Crippen LogP contribution is -2.25. The predicted molar refractivity (Wildman–Crippen MR) is 84.7 cm³/mol. The second kappa shape index (κ2) is 7.26. The van der Waals surface area contributed by atoms with Crippen molar-refractivity contribution in [1.29, 1.82) is 0 Å². The van der Waals surface area contributed by atoms with Crippen LogP contribution in [-0.4, -0.2) is 17.4 Å². The number of carbonyl (C=O) groups is 1. The normalized spacial score (nSPS) is 10.9. The Morgan fingerprint density at radius 2 is 2.29 bits per heavy atom. The number of carbonyl (C=O) groups excluding carboxylic acids is 1. The van der Waals surface area contributed by atoms with Crippen LogP contribution in [0.1, 0.15) is 41.4 Å². The van der Waals surface area contributed by atoms with E-state index in [0.717, 1.165) is 23.0 Å². The highest BCUT2D eigenvalue weighted by molar-refractivity contribution is 7.17. The van der Waals surface area contributed by atoms with Crippen molar-refractivity contribution in [2.24, 2.45) is 5.92 Å². The minimum Gasteiger partial charge on any atom is -0.467 e. The van der Waals surface area contributed by atoms with Crippen LogP contribution in [-0.2, 0) is 6.54 Å². The van der Waals surface area contributed by atoms with Crippen molar-refractivity contribution in [3.05, 3.63) is 34.7 Å². The number of rotatable bonds is 7. The van der Waals surface area contributed by atoms with Crippen molar-refractivity contribution in [3.63, 3.8) is 0 Å². The molecule has 1 amide bonds. The molecule has 0 saturated carbocycles. The Morgan fingerprint density at radius 1 is 1.48 bits per heavy atom. The Balaban J connectivity index is 1.90. The Kier molecular flexibility index (Phi) is 5.38. The van der Waals surface area contributed by atoms with Crippen LogP contribution < -0.4 is 10.6 Å². The maximum absolute atomic E-state index is 12.1. The Morgan fingerprint density at radius 3 is 2.95 bits per heavy atom. The zero-order valence-corrected chi connectivity index (χ0v) is 13.4. The standard InChI is InChI=1S/C15H21N3O2S/c1-10(2)6-7-16-14(19)13-11(3)18-15(21-13)17-9-12-5-4-8-20-12/h4-5,8,10H,6-7,9H2,1-3H3,(H,16,19)(H,17,18). The van der Waals surface area contributed by atoms with Crippen LogP contribution in [0.4, 0.5) is 5.13 Å². The Labute approximate surface area is 128 Å². The van der Waals surface area contributed by atoms with E-state index in [9.17, 15) is 4.79 Å². The largest absolute Gasteiger partial charge is 0.467 e. The van der Waals surface area contributed by atoms with Gasteiger partial charge in [0.15, 0.2) is 5.13 Å². The SMILES string of the molecule is Cc1nc(NCc2ccco2)sc1C(=O)NCCC(C)C. The first-order valence-electron chi connectivity index (χ1n) is 7.08. The number of thiazole rings is 1. The maximum Gasteiger partial charge on any atom is 0.263 e. The molecule has 0 unspecified atom stereocenters. The first-order valence-corrected chi connectivity index (χ1v) is 7.89. The van der Waals surface area contributed by atoms with E-state index in [4.69, 9.17) is 4.42 Å². The third kappa shape index (κ3) is 4.60. The number of hydrogen-bond acceptors (Lipinski definition) is 5. The molecule has 114 valence electrons. The van der Waals surface area contributed by atoms with Crippen LogP contribution in [0.5, 0.6) is 0 Å². The van der Waals surface area contributed by atoms with Gasteiger partial charge in [0.05, 0.1) is 18.5 Å². The monoisotopic (exact) mass is 307 g/mol. The van der Waals surface area contributed by atoms with E-state index < -0.39 is 0 Å². The van der Waals surface area contributed by atoms with Crippen LogP contribution in [0, 0.1) is 12.8 Å². The van der Waals surface area contributed by atoms with Gasteiger partial charge in [-0.15, -0.1) is 0 Å². The molecule has 0 aliphatic heterocycles. The molecule has 5 nitrogen and oxygen atoms in total. The quantitative estimate of drug-likeness (QED) is 0.822. The molecule has 0 radical (unpaired) electrons. The van der Waals surface area contributed by atoms with E-state index in [-0.39, 0.29) is 5.91 Å². The molecule has 0 aliphatic carbocycles. The van der Waals surface area contributed by atoms with Crippen LogP contribution >= 0.6 is 11.3 Å². The average Bonchev–Trinajstić information content (AvgIpc) is 3.05. The summed E-state index contributed by atoms with van der Waals surface area (Å²) in [7, 11) is 0. The summed E-state index contributed by atoms with van der Waals surface area (Å²) in [6.45, 7) is 7.39. The lowest BCUT2D eigenvalue weighted by molar-refractivity contribution is 0.0955. The van der Waals surface area contributed by atoms with Crippen molar-refractivity contribution in [3.8, 4) is 0 Å². The number of amides is 1. The molecule has 2 aromatic rings. The molecule has 0 aromatic carbocycles. The molecule has 6 heteroatoms. The van der Waals surface area contributed by atoms with Crippen molar-refractivity contribution >= 4 is 22.4 Å². The molecule has 2 N–H and O–H groups in total. The van der Waals surface area contributed by atoms with Gasteiger partial charge in [-0.2, -0.15) is 0 Å². The van der Waals surface area contributed by atoms with Gasteiger partial charge >= 0.3 is 0 Å². The van der Waals surface area contributed by atoms with Gasteiger partial charge in [0.2, 0.25) is 0 Å². The van der Waals surface area contributed by atoms with Crippen LogP contribution in [0.3, 0.4) is 0 Å². The van der Waals surface area contributed by atoms with Crippen LogP contribution in [0.15, 0.2) is 22.8 Å². The summed E-state index contributed by atoms with van der Waals surface area (Å²) in [4.78, 5) is 17.2. The minimum atomic E-state index is -0.0447. The topological polar surface area (TPSA) is 67.2 Å². The lowest BCUT2D eigenvalue weighted by atomic mass is 10.1. The number of nitrogens with one attached hydrogen (secondary N) is 2. The van der Waals surface area contributed by atoms with Gasteiger partial charge in [0.1, 0.15) is 10.6 Å². The number of aryl methyl sites for hydroxylation is 1. The van der Waals surface area contributed by atoms with Gasteiger partial charge < -0.3 is 15.1 Å². The number of anilines is 1. The molecule has 0 bridgehead atoms. The van der Waals surface area contributed by atoms with E-state index in [0.29, 0.717) is 23.9 Å². The Hall–Kier alpha value is -1.82. The first kappa shape index (κ1) is 15.6. The van der Waals surface area contributed by atoms with E-state index in [1.165, 1.54) is 11.3 Å². The molecule has 0 aliphatic rings. The molecular weight excluding hydrogens is 286 g/mol. The molecule has 0 fully saturated rings. The smallest absolute Gasteiger partial charge is 0.263 e. The summed E-state index contributed by atoms with van der Waals surface area (Å²) >= 11 is 1.37. The highest BCUT2D eigenvalue weighted by atomic mass is 32.1. The third-order valence-electron chi connectivity index (χ3n) is 3.00. The van der Waals surface area contributed by atoms with E-state index >= 15 is 0 Å². The van der Waals surface area contributed by atoms with E-state index in [1.807, 2.05) is 19.1 Å². The lowest BCUT2D eigenvalue weighted by Gasteiger charge is -2.05. The van der Waals surface area contributed by atoms with E-state index in [2.05, 4.69) is 29.5 Å². The fourth-order valence-electron chi connectivity index (χ4n) is 1.81. The van der Waals surface area contributed by atoms with Gasteiger partial charge in [0.25, 0.3) is 5.91 Å². The van der Waals surface area contributed by atoms with Gasteiger partial charge in [-0.3, -0.25) is 4.79 Å². The predicted octanol–water partition coefficient (Wildman–Crippen LogP) is 3.43. The molecule has 2 heterocycles. The number of nitrogens with zero attached hydrogens (tertiary/aromatic N) is 1. The van der Waals surface area contributed by atoms with E-state index in [1.54, 1.807) is 6.26 Å². The van der Waals surface area contributed by atoms with Crippen molar-refractivity contribution in [1.82, 2.24) is 10.3 Å². The molecular formula is C15H21N3O2S. The van der Waals surface area contributed by atoms with Crippen LogP contribution in [0.25, 0.3) is 0 Å². The summed E-state index contributed by atoms with van der Waals surface area (Å²) in [5.41, 5.74) is 0.754. The van der Waals surface area contributed by atoms with Gasteiger partial charge in [-0.05, 0) is 31.4 Å². The summed E-state index contributed by atoms with van der Waals surface area (Å²) in [6, 6.07) is 3.74. The fraction of sp³-hybridized carbons (Fsp3) is 0.467. The van der Waals surface area contributed by atoms with Gasteiger partial charge in [-0.1, -0.05) is 25.2 Å².